The number of thiocarbonyl (C=S) groups is 1. The van der Waals surface area contributed by atoms with Crippen molar-refractivity contribution < 1.29 is 9.53 Å². The summed E-state index contributed by atoms with van der Waals surface area (Å²) >= 11 is 11.1. The lowest BCUT2D eigenvalue weighted by atomic mass is 10.1. The molecule has 1 aliphatic rings. The zero-order chi connectivity index (χ0) is 15.4. The lowest BCUT2D eigenvalue weighted by Gasteiger charge is -2.35. The van der Waals surface area contributed by atoms with Gasteiger partial charge in [0.15, 0.2) is 0 Å². The van der Waals surface area contributed by atoms with Crippen LogP contribution >= 0.6 is 23.8 Å². The van der Waals surface area contributed by atoms with Crippen molar-refractivity contribution in [2.75, 3.05) is 37.7 Å². The molecule has 7 heteroatoms. The topological polar surface area (TPSA) is 58.8 Å². The first-order valence-electron chi connectivity index (χ1n) is 6.79. The van der Waals surface area contributed by atoms with Crippen LogP contribution in [0.1, 0.15) is 12.5 Å². The van der Waals surface area contributed by atoms with Crippen molar-refractivity contribution in [1.82, 2.24) is 4.90 Å². The molecule has 0 unspecified atom stereocenters. The molecule has 2 rings (SSSR count). The number of nitrogens with zero attached hydrogens (tertiary/aromatic N) is 2. The summed E-state index contributed by atoms with van der Waals surface area (Å²) in [5, 5.41) is 0.549. The van der Waals surface area contributed by atoms with Gasteiger partial charge < -0.3 is 20.3 Å². The van der Waals surface area contributed by atoms with E-state index in [1.807, 2.05) is 18.2 Å². The number of amides is 1. The molecule has 0 spiro atoms. The number of hydrogen-bond donors (Lipinski definition) is 1. The van der Waals surface area contributed by atoms with Crippen molar-refractivity contribution in [3.8, 4) is 0 Å². The van der Waals surface area contributed by atoms with Crippen LogP contribution in [0.25, 0.3) is 0 Å². The standard InChI is InChI=1S/C14H18ClN3O2S/c1-2-20-14(19)18-7-5-17(6-8-18)10-3-4-11(13(16)21)12(15)9-10/h3-4,9H,2,5-8H2,1H3,(H2,16,21). The highest BCUT2D eigenvalue weighted by Crippen LogP contribution is 2.24. The van der Waals surface area contributed by atoms with E-state index >= 15 is 0 Å². The van der Waals surface area contributed by atoms with Gasteiger partial charge in [-0.15, -0.1) is 0 Å². The van der Waals surface area contributed by atoms with Crippen molar-refractivity contribution in [1.29, 1.82) is 0 Å². The Bertz CT molecular complexity index is 545. The molecule has 1 aromatic rings. The number of carbonyl (C=O) groups is 1. The van der Waals surface area contributed by atoms with E-state index in [1.54, 1.807) is 11.8 Å². The Kier molecular flexibility index (Phi) is 5.25. The van der Waals surface area contributed by atoms with Gasteiger partial charge in [-0.3, -0.25) is 0 Å². The van der Waals surface area contributed by atoms with Crippen LogP contribution in [0.5, 0.6) is 0 Å². The molecule has 0 radical (unpaired) electrons. The van der Waals surface area contributed by atoms with Gasteiger partial charge in [0.25, 0.3) is 0 Å². The molecule has 0 bridgehead atoms. The molecular weight excluding hydrogens is 310 g/mol. The second-order valence-corrected chi connectivity index (χ2v) is 5.55. The summed E-state index contributed by atoms with van der Waals surface area (Å²) in [5.74, 6) is 0. The number of nitrogens with two attached hydrogens (primary N) is 1. The van der Waals surface area contributed by atoms with E-state index in [2.05, 4.69) is 4.90 Å². The summed E-state index contributed by atoms with van der Waals surface area (Å²) in [4.78, 5) is 15.8. The van der Waals surface area contributed by atoms with Crippen LogP contribution in [0.2, 0.25) is 5.02 Å². The average Bonchev–Trinajstić information content (AvgIpc) is 2.47. The summed E-state index contributed by atoms with van der Waals surface area (Å²) in [6.07, 6.45) is -0.251. The highest BCUT2D eigenvalue weighted by molar-refractivity contribution is 7.80. The van der Waals surface area contributed by atoms with E-state index in [4.69, 9.17) is 34.3 Å². The van der Waals surface area contributed by atoms with Gasteiger partial charge >= 0.3 is 6.09 Å². The van der Waals surface area contributed by atoms with Gasteiger partial charge in [-0.2, -0.15) is 0 Å². The van der Waals surface area contributed by atoms with E-state index in [1.165, 1.54) is 0 Å². The maximum Gasteiger partial charge on any atom is 0.409 e. The Morgan fingerprint density at radius 1 is 1.38 bits per heavy atom. The van der Waals surface area contributed by atoms with Crippen LogP contribution in [0.4, 0.5) is 10.5 Å². The molecule has 2 N–H and O–H groups in total. The molecule has 0 saturated carbocycles. The first-order chi connectivity index (χ1) is 10.0. The van der Waals surface area contributed by atoms with Crippen molar-refractivity contribution >= 4 is 40.6 Å². The van der Waals surface area contributed by atoms with Gasteiger partial charge in [0.2, 0.25) is 0 Å². The van der Waals surface area contributed by atoms with E-state index in [9.17, 15) is 4.79 Å². The third-order valence-electron chi connectivity index (χ3n) is 3.39. The molecule has 21 heavy (non-hydrogen) atoms. The van der Waals surface area contributed by atoms with Crippen molar-refractivity contribution in [3.05, 3.63) is 28.8 Å². The lowest BCUT2D eigenvalue weighted by molar-refractivity contribution is 0.105. The highest BCUT2D eigenvalue weighted by Gasteiger charge is 2.22. The minimum atomic E-state index is -0.251. The molecule has 1 fully saturated rings. The van der Waals surface area contributed by atoms with Crippen LogP contribution in [-0.4, -0.2) is 48.8 Å². The number of benzene rings is 1. The van der Waals surface area contributed by atoms with Crippen molar-refractivity contribution in [3.63, 3.8) is 0 Å². The number of halogens is 1. The van der Waals surface area contributed by atoms with Crippen LogP contribution in [0, 0.1) is 0 Å². The zero-order valence-corrected chi connectivity index (χ0v) is 13.4. The number of piperazine rings is 1. The maximum atomic E-state index is 11.7. The summed E-state index contributed by atoms with van der Waals surface area (Å²) in [5.41, 5.74) is 7.28. The smallest absolute Gasteiger partial charge is 0.409 e. The Labute approximate surface area is 134 Å². The molecule has 0 atom stereocenters. The van der Waals surface area contributed by atoms with Crippen LogP contribution in [-0.2, 0) is 4.74 Å². The first kappa shape index (κ1) is 15.9. The van der Waals surface area contributed by atoms with Crippen LogP contribution in [0.15, 0.2) is 18.2 Å². The fourth-order valence-electron chi connectivity index (χ4n) is 2.26. The molecule has 1 heterocycles. The third-order valence-corrected chi connectivity index (χ3v) is 3.92. The van der Waals surface area contributed by atoms with E-state index < -0.39 is 0 Å². The number of ether oxygens (including phenoxy) is 1. The van der Waals surface area contributed by atoms with Gasteiger partial charge in [-0.05, 0) is 25.1 Å². The van der Waals surface area contributed by atoms with E-state index in [-0.39, 0.29) is 6.09 Å². The molecule has 0 aromatic heterocycles. The molecular formula is C14H18ClN3O2S. The van der Waals surface area contributed by atoms with Crippen LogP contribution in [0.3, 0.4) is 0 Å². The fourth-order valence-corrected chi connectivity index (χ4v) is 2.77. The van der Waals surface area contributed by atoms with Crippen molar-refractivity contribution in [2.24, 2.45) is 5.73 Å². The minimum Gasteiger partial charge on any atom is -0.450 e. The molecule has 0 aliphatic carbocycles. The Hall–Kier alpha value is -1.53. The Morgan fingerprint density at radius 3 is 2.57 bits per heavy atom. The zero-order valence-electron chi connectivity index (χ0n) is 11.8. The normalized spacial score (nSPS) is 15.0. The Morgan fingerprint density at radius 2 is 2.05 bits per heavy atom. The second-order valence-electron chi connectivity index (χ2n) is 4.70. The third kappa shape index (κ3) is 3.77. The molecule has 5 nitrogen and oxygen atoms in total. The van der Waals surface area contributed by atoms with Gasteiger partial charge in [-0.1, -0.05) is 23.8 Å². The largest absolute Gasteiger partial charge is 0.450 e. The molecule has 1 aliphatic heterocycles. The molecule has 1 saturated heterocycles. The van der Waals surface area contributed by atoms with E-state index in [0.717, 1.165) is 18.8 Å². The quantitative estimate of drug-likeness (QED) is 0.863. The Balaban J connectivity index is 2.01. The first-order valence-corrected chi connectivity index (χ1v) is 7.57. The summed E-state index contributed by atoms with van der Waals surface area (Å²) in [7, 11) is 0. The SMILES string of the molecule is CCOC(=O)N1CCN(c2ccc(C(N)=S)c(Cl)c2)CC1. The van der Waals surface area contributed by atoms with Gasteiger partial charge in [-0.25, -0.2) is 4.79 Å². The van der Waals surface area contributed by atoms with Gasteiger partial charge in [0.05, 0.1) is 11.6 Å². The lowest BCUT2D eigenvalue weighted by Crippen LogP contribution is -2.49. The predicted molar refractivity (Wildman–Crippen MR) is 88.1 cm³/mol. The van der Waals surface area contributed by atoms with Gasteiger partial charge in [0.1, 0.15) is 4.99 Å². The number of rotatable bonds is 3. The predicted octanol–water partition coefficient (Wildman–Crippen LogP) is 2.25. The summed E-state index contributed by atoms with van der Waals surface area (Å²) in [6, 6.07) is 5.63. The summed E-state index contributed by atoms with van der Waals surface area (Å²) < 4.78 is 5.00. The van der Waals surface area contributed by atoms with Crippen LogP contribution < -0.4 is 10.6 Å². The number of anilines is 1. The minimum absolute atomic E-state index is 0.251. The molecule has 114 valence electrons. The van der Waals surface area contributed by atoms with Gasteiger partial charge in [0, 0.05) is 37.4 Å². The van der Waals surface area contributed by atoms with Crippen molar-refractivity contribution in [2.45, 2.75) is 6.92 Å². The molecule has 1 aromatic carbocycles. The fraction of sp³-hybridized carbons (Fsp3) is 0.429. The number of hydrogen-bond acceptors (Lipinski definition) is 4. The molecule has 1 amide bonds. The summed E-state index contributed by atoms with van der Waals surface area (Å²) in [6.45, 7) is 4.94. The maximum absolute atomic E-state index is 11.7. The van der Waals surface area contributed by atoms with E-state index in [0.29, 0.717) is 35.3 Å². The second kappa shape index (κ2) is 6.95. The average molecular weight is 328 g/mol. The highest BCUT2D eigenvalue weighted by atomic mass is 35.5. The monoisotopic (exact) mass is 327 g/mol. The number of carbonyl (C=O) groups excluding carboxylic acids is 1.